The molecule has 0 saturated heterocycles. The molecule has 7 nitrogen and oxygen atoms in total. The summed E-state index contributed by atoms with van der Waals surface area (Å²) in [5.41, 5.74) is -3.16. The molecule has 33 heavy (non-hydrogen) atoms. The summed E-state index contributed by atoms with van der Waals surface area (Å²) in [6, 6.07) is 0. The molecule has 0 aliphatic heterocycles. The molecule has 3 saturated carbocycles. The lowest BCUT2D eigenvalue weighted by Crippen LogP contribution is -2.69. The second-order valence-corrected chi connectivity index (χ2v) is 11.3. The van der Waals surface area contributed by atoms with Gasteiger partial charge in [0.25, 0.3) is 0 Å². The number of aliphatic hydroxyl groups excluding tert-OH is 2. The lowest BCUT2D eigenvalue weighted by Gasteiger charge is -2.64. The molecule has 4 rings (SSSR count). The number of alkyl halides is 1. The molecule has 0 unspecified atom stereocenters. The SMILES string of the molecule is CCC(=O)OC1=CC(=O)C=C2CC[C@H]3[C@@H]4C[C@H](C)[C@](O)(C(=O)CO)[C@@]4(C)C[C@H](O)[C@]3(Cl)[C@@]21C. The molecule has 8 atom stereocenters. The van der Waals surface area contributed by atoms with E-state index in [1.165, 1.54) is 12.2 Å². The molecule has 4 aliphatic rings. The van der Waals surface area contributed by atoms with Gasteiger partial charge in [0.2, 0.25) is 0 Å². The summed E-state index contributed by atoms with van der Waals surface area (Å²) >= 11 is 7.44. The Labute approximate surface area is 198 Å². The van der Waals surface area contributed by atoms with Gasteiger partial charge in [-0.2, -0.15) is 0 Å². The van der Waals surface area contributed by atoms with Gasteiger partial charge in [-0.3, -0.25) is 14.4 Å². The van der Waals surface area contributed by atoms with Gasteiger partial charge in [0.05, 0.1) is 16.4 Å². The van der Waals surface area contributed by atoms with E-state index in [1.54, 1.807) is 20.8 Å². The lowest BCUT2D eigenvalue weighted by atomic mass is 9.45. The highest BCUT2D eigenvalue weighted by atomic mass is 35.5. The summed E-state index contributed by atoms with van der Waals surface area (Å²) in [6.45, 7) is 6.30. The molecular weight excluding hydrogens is 448 g/mol. The Balaban J connectivity index is 1.85. The van der Waals surface area contributed by atoms with Crippen LogP contribution in [0.3, 0.4) is 0 Å². The number of aliphatic hydroxyl groups is 3. The maximum Gasteiger partial charge on any atom is 0.310 e. The Morgan fingerprint density at radius 2 is 1.91 bits per heavy atom. The molecule has 3 N–H and O–H groups in total. The molecule has 0 aromatic heterocycles. The predicted octanol–water partition coefficient (Wildman–Crippen LogP) is 2.45. The molecule has 0 amide bonds. The number of hydrogen-bond acceptors (Lipinski definition) is 7. The van der Waals surface area contributed by atoms with Crippen LogP contribution in [-0.2, 0) is 19.1 Å². The number of rotatable bonds is 4. The first-order chi connectivity index (χ1) is 15.3. The number of esters is 1. The van der Waals surface area contributed by atoms with Gasteiger partial charge in [0.15, 0.2) is 11.6 Å². The Hall–Kier alpha value is -1.54. The van der Waals surface area contributed by atoms with Crippen molar-refractivity contribution in [3.63, 3.8) is 0 Å². The van der Waals surface area contributed by atoms with E-state index in [1.807, 2.05) is 6.92 Å². The number of ketones is 2. The summed E-state index contributed by atoms with van der Waals surface area (Å²) in [4.78, 5) is 36.1. The Kier molecular flexibility index (Phi) is 5.76. The normalized spacial score (nSPS) is 46.5. The van der Waals surface area contributed by atoms with E-state index in [0.29, 0.717) is 19.3 Å². The molecule has 0 radical (unpaired) electrons. The first kappa shape index (κ1) is 24.6. The molecule has 0 aromatic carbocycles. The van der Waals surface area contributed by atoms with E-state index in [4.69, 9.17) is 16.3 Å². The lowest BCUT2D eigenvalue weighted by molar-refractivity contribution is -0.181. The number of Topliss-reactive ketones (excluding diaryl/α,β-unsaturated/α-hetero) is 1. The van der Waals surface area contributed by atoms with Gasteiger partial charge in [-0.15, -0.1) is 11.6 Å². The van der Waals surface area contributed by atoms with E-state index in [0.717, 1.165) is 5.57 Å². The second kappa shape index (κ2) is 7.74. The Morgan fingerprint density at radius 3 is 2.52 bits per heavy atom. The average molecular weight is 481 g/mol. The van der Waals surface area contributed by atoms with Crippen molar-refractivity contribution in [2.24, 2.45) is 28.6 Å². The summed E-state index contributed by atoms with van der Waals surface area (Å²) in [6.07, 6.45) is 3.38. The first-order valence-electron chi connectivity index (χ1n) is 11.7. The fourth-order valence-corrected chi connectivity index (χ4v) is 8.23. The highest BCUT2D eigenvalue weighted by Gasteiger charge is 2.75. The van der Waals surface area contributed by atoms with E-state index in [-0.39, 0.29) is 36.2 Å². The number of hydrogen-bond donors (Lipinski definition) is 3. The van der Waals surface area contributed by atoms with Crippen LogP contribution in [0.15, 0.2) is 23.5 Å². The van der Waals surface area contributed by atoms with Crippen LogP contribution in [-0.4, -0.2) is 56.0 Å². The van der Waals surface area contributed by atoms with Crippen LogP contribution in [0.2, 0.25) is 0 Å². The Morgan fingerprint density at radius 1 is 1.24 bits per heavy atom. The van der Waals surface area contributed by atoms with Crippen LogP contribution in [0.1, 0.15) is 59.8 Å². The van der Waals surface area contributed by atoms with Gasteiger partial charge in [-0.25, -0.2) is 0 Å². The molecule has 0 bridgehead atoms. The molecule has 182 valence electrons. The summed E-state index contributed by atoms with van der Waals surface area (Å²) in [7, 11) is 0. The van der Waals surface area contributed by atoms with E-state index in [9.17, 15) is 29.7 Å². The number of allylic oxidation sites excluding steroid dienone is 3. The van der Waals surface area contributed by atoms with Gasteiger partial charge in [0, 0.05) is 17.9 Å². The van der Waals surface area contributed by atoms with Crippen molar-refractivity contribution in [1.82, 2.24) is 0 Å². The van der Waals surface area contributed by atoms with Crippen molar-refractivity contribution in [2.45, 2.75) is 76.4 Å². The number of ether oxygens (including phenoxy) is 1. The van der Waals surface area contributed by atoms with Crippen LogP contribution in [0, 0.1) is 28.6 Å². The van der Waals surface area contributed by atoms with Crippen LogP contribution in [0.5, 0.6) is 0 Å². The van der Waals surface area contributed by atoms with Gasteiger partial charge < -0.3 is 20.1 Å². The molecule has 0 heterocycles. The summed E-state index contributed by atoms with van der Waals surface area (Å²) in [5.74, 6) is -2.24. The quantitative estimate of drug-likeness (QED) is 0.417. The maximum absolute atomic E-state index is 12.8. The van der Waals surface area contributed by atoms with Gasteiger partial charge in [0.1, 0.15) is 18.0 Å². The van der Waals surface area contributed by atoms with Crippen LogP contribution in [0.25, 0.3) is 0 Å². The zero-order valence-corrected chi connectivity index (χ0v) is 20.3. The first-order valence-corrected chi connectivity index (χ1v) is 12.1. The predicted molar refractivity (Wildman–Crippen MR) is 120 cm³/mol. The fraction of sp³-hybridized carbons (Fsp3) is 0.720. The minimum Gasteiger partial charge on any atom is -0.430 e. The van der Waals surface area contributed by atoms with Crippen molar-refractivity contribution in [2.75, 3.05) is 6.61 Å². The minimum atomic E-state index is -1.78. The van der Waals surface area contributed by atoms with Crippen molar-refractivity contribution < 1.29 is 34.4 Å². The number of carbonyl (C=O) groups is 3. The standard InChI is InChI=1S/C25H33ClO7/c1-5-21(31)33-20-10-15(28)9-14-6-7-16-17-8-13(2)25(32,19(30)12-27)22(17,3)11-18(29)24(16,26)23(14,20)4/h9-10,13,16-18,27,29,32H,5-8,11-12H2,1-4H3/t13-,16-,17-,18-,22-,23-,24-,25-/m0/s1. The van der Waals surface area contributed by atoms with Gasteiger partial charge >= 0.3 is 5.97 Å². The van der Waals surface area contributed by atoms with Crippen molar-refractivity contribution in [1.29, 1.82) is 0 Å². The third kappa shape index (κ3) is 2.89. The number of fused-ring (bicyclic) bond motifs is 5. The largest absolute Gasteiger partial charge is 0.430 e. The number of carbonyl (C=O) groups excluding carboxylic acids is 3. The highest BCUT2D eigenvalue weighted by molar-refractivity contribution is 6.26. The molecule has 4 aliphatic carbocycles. The smallest absolute Gasteiger partial charge is 0.310 e. The number of halogens is 1. The van der Waals surface area contributed by atoms with Gasteiger partial charge in [-0.1, -0.05) is 26.3 Å². The third-order valence-electron chi connectivity index (χ3n) is 9.43. The van der Waals surface area contributed by atoms with Gasteiger partial charge in [-0.05, 0) is 56.4 Å². The highest BCUT2D eigenvalue weighted by Crippen LogP contribution is 2.72. The Bertz CT molecular complexity index is 972. The molecule has 3 fully saturated rings. The van der Waals surface area contributed by atoms with E-state index >= 15 is 0 Å². The molecular formula is C25H33ClO7. The topological polar surface area (TPSA) is 121 Å². The van der Waals surface area contributed by atoms with Crippen LogP contribution >= 0.6 is 11.6 Å². The van der Waals surface area contributed by atoms with E-state index in [2.05, 4.69) is 0 Å². The van der Waals surface area contributed by atoms with E-state index < -0.39 is 51.7 Å². The second-order valence-electron chi connectivity index (χ2n) is 10.7. The molecule has 8 heteroatoms. The third-order valence-corrected chi connectivity index (χ3v) is 10.3. The van der Waals surface area contributed by atoms with Crippen molar-refractivity contribution >= 4 is 29.1 Å². The molecule has 0 spiro atoms. The zero-order valence-electron chi connectivity index (χ0n) is 19.6. The zero-order chi connectivity index (χ0) is 24.6. The average Bonchev–Trinajstić information content (AvgIpc) is 2.96. The van der Waals surface area contributed by atoms with Crippen LogP contribution < -0.4 is 0 Å². The van der Waals surface area contributed by atoms with Crippen molar-refractivity contribution in [3.05, 3.63) is 23.5 Å². The fourth-order valence-electron chi connectivity index (χ4n) is 7.68. The maximum atomic E-state index is 12.8. The van der Waals surface area contributed by atoms with Crippen molar-refractivity contribution in [3.8, 4) is 0 Å². The summed E-state index contributed by atoms with van der Waals surface area (Å²) in [5, 5.41) is 32.8. The molecule has 0 aromatic rings. The minimum absolute atomic E-state index is 0.0378. The van der Waals surface area contributed by atoms with Crippen LogP contribution in [0.4, 0.5) is 0 Å². The summed E-state index contributed by atoms with van der Waals surface area (Å²) < 4.78 is 5.63. The monoisotopic (exact) mass is 480 g/mol.